The zero-order chi connectivity index (χ0) is 20.6. The van der Waals surface area contributed by atoms with Crippen LogP contribution in [0.3, 0.4) is 0 Å². The van der Waals surface area contributed by atoms with Crippen molar-refractivity contribution in [3.63, 3.8) is 0 Å². The summed E-state index contributed by atoms with van der Waals surface area (Å²) >= 11 is 0. The van der Waals surface area contributed by atoms with Crippen LogP contribution in [0.2, 0.25) is 0 Å². The normalized spacial score (nSPS) is 10.3. The maximum absolute atomic E-state index is 12.6. The quantitative estimate of drug-likeness (QED) is 0.628. The lowest BCUT2D eigenvalue weighted by Gasteiger charge is -2.21. The fraction of sp³-hybridized carbons (Fsp3) is 0.174. The Morgan fingerprint density at radius 3 is 1.76 bits per heavy atom. The summed E-state index contributed by atoms with van der Waals surface area (Å²) in [5.41, 5.74) is 2.80. The van der Waals surface area contributed by atoms with Crippen molar-refractivity contribution in [2.75, 3.05) is 28.6 Å². The number of nitrogens with one attached hydrogen (secondary N) is 2. The molecule has 3 aromatic rings. The number of nitrogens with zero attached hydrogens (tertiary/aromatic N) is 2. The van der Waals surface area contributed by atoms with Gasteiger partial charge in [-0.1, -0.05) is 24.3 Å². The minimum Gasteiger partial charge on any atom is -0.372 e. The lowest BCUT2D eigenvalue weighted by molar-refractivity contribution is 0.101. The number of pyridine rings is 1. The molecule has 2 N–H and O–H groups in total. The van der Waals surface area contributed by atoms with Crippen LogP contribution < -0.4 is 15.5 Å². The molecule has 148 valence electrons. The van der Waals surface area contributed by atoms with E-state index in [0.29, 0.717) is 11.4 Å². The summed E-state index contributed by atoms with van der Waals surface area (Å²) in [5, 5.41) is 5.59. The molecule has 0 bridgehead atoms. The van der Waals surface area contributed by atoms with Crippen molar-refractivity contribution in [2.24, 2.45) is 0 Å². The zero-order valence-corrected chi connectivity index (χ0v) is 16.6. The van der Waals surface area contributed by atoms with Crippen molar-refractivity contribution in [2.45, 2.75) is 13.8 Å². The average Bonchev–Trinajstić information content (AvgIpc) is 2.76. The van der Waals surface area contributed by atoms with E-state index < -0.39 is 0 Å². The Kier molecular flexibility index (Phi) is 6.58. The molecular weight excluding hydrogens is 364 g/mol. The van der Waals surface area contributed by atoms with Gasteiger partial charge < -0.3 is 15.5 Å². The number of anilines is 3. The van der Waals surface area contributed by atoms with Crippen LogP contribution in [0.4, 0.5) is 17.1 Å². The fourth-order valence-corrected chi connectivity index (χ4v) is 2.94. The highest BCUT2D eigenvalue weighted by Crippen LogP contribution is 2.18. The summed E-state index contributed by atoms with van der Waals surface area (Å²) in [4.78, 5) is 31.4. The number of amides is 2. The summed E-state index contributed by atoms with van der Waals surface area (Å²) in [6.45, 7) is 6.05. The van der Waals surface area contributed by atoms with Crippen LogP contribution in [0, 0.1) is 0 Å². The Hall–Kier alpha value is -3.67. The average molecular weight is 388 g/mol. The third kappa shape index (κ3) is 5.19. The highest BCUT2D eigenvalue weighted by molar-refractivity contribution is 6.06. The third-order valence-corrected chi connectivity index (χ3v) is 4.50. The van der Waals surface area contributed by atoms with Crippen LogP contribution in [0.15, 0.2) is 72.8 Å². The van der Waals surface area contributed by atoms with Crippen LogP contribution in [0.5, 0.6) is 0 Å². The van der Waals surface area contributed by atoms with Crippen LogP contribution >= 0.6 is 0 Å². The molecule has 29 heavy (non-hydrogen) atoms. The molecule has 0 saturated heterocycles. The van der Waals surface area contributed by atoms with Gasteiger partial charge in [0.15, 0.2) is 0 Å². The molecule has 0 radical (unpaired) electrons. The Morgan fingerprint density at radius 1 is 0.724 bits per heavy atom. The molecule has 0 spiro atoms. The van der Waals surface area contributed by atoms with Gasteiger partial charge in [0, 0.05) is 30.2 Å². The largest absolute Gasteiger partial charge is 0.372 e. The molecule has 0 aliphatic heterocycles. The Bertz CT molecular complexity index is 968. The van der Waals surface area contributed by atoms with Crippen molar-refractivity contribution in [3.8, 4) is 0 Å². The minimum absolute atomic E-state index is 0.179. The van der Waals surface area contributed by atoms with Crippen LogP contribution in [0.1, 0.15) is 34.8 Å². The van der Waals surface area contributed by atoms with E-state index in [0.717, 1.165) is 18.8 Å². The molecule has 2 amide bonds. The first-order valence-corrected chi connectivity index (χ1v) is 9.60. The molecule has 0 fully saturated rings. The van der Waals surface area contributed by atoms with E-state index in [4.69, 9.17) is 0 Å². The van der Waals surface area contributed by atoms with Crippen LogP contribution in [-0.4, -0.2) is 29.9 Å². The molecule has 6 nitrogen and oxygen atoms in total. The molecule has 0 aliphatic rings. The Morgan fingerprint density at radius 2 is 1.24 bits per heavy atom. The molecule has 0 unspecified atom stereocenters. The van der Waals surface area contributed by atoms with Gasteiger partial charge in [-0.25, -0.2) is 4.98 Å². The first kappa shape index (κ1) is 20.1. The number of carbonyl (C=O) groups is 2. The Labute approximate surface area is 170 Å². The van der Waals surface area contributed by atoms with E-state index in [-0.39, 0.29) is 23.2 Å². The molecule has 0 aliphatic carbocycles. The van der Waals surface area contributed by atoms with E-state index in [2.05, 4.69) is 34.4 Å². The molecule has 3 rings (SSSR count). The molecule has 0 saturated carbocycles. The fourth-order valence-electron chi connectivity index (χ4n) is 2.94. The monoisotopic (exact) mass is 388 g/mol. The first-order valence-electron chi connectivity index (χ1n) is 9.60. The molecule has 1 heterocycles. The number of aromatic nitrogens is 1. The highest BCUT2D eigenvalue weighted by atomic mass is 16.2. The van der Waals surface area contributed by atoms with Gasteiger partial charge in [0.1, 0.15) is 11.4 Å². The lowest BCUT2D eigenvalue weighted by atomic mass is 10.2. The van der Waals surface area contributed by atoms with Crippen LogP contribution in [0.25, 0.3) is 0 Å². The lowest BCUT2D eigenvalue weighted by Crippen LogP contribution is -2.21. The topological polar surface area (TPSA) is 74.3 Å². The number of hydrogen-bond donors (Lipinski definition) is 2. The van der Waals surface area contributed by atoms with Gasteiger partial charge in [0.2, 0.25) is 0 Å². The standard InChI is InChI=1S/C23H24N4O2/c1-3-27(4-2)19-15-13-18(14-16-19)25-23(29)21-12-8-11-20(26-21)22(28)24-17-9-6-5-7-10-17/h5-16H,3-4H2,1-2H3,(H,24,28)(H,25,29). The minimum atomic E-state index is -0.366. The van der Waals surface area contributed by atoms with Crippen molar-refractivity contribution in [1.82, 2.24) is 4.98 Å². The smallest absolute Gasteiger partial charge is 0.274 e. The molecule has 1 aromatic heterocycles. The molecule has 2 aromatic carbocycles. The van der Waals surface area contributed by atoms with E-state index in [1.165, 1.54) is 0 Å². The van der Waals surface area contributed by atoms with Gasteiger partial charge in [-0.3, -0.25) is 9.59 Å². The number of carbonyl (C=O) groups excluding carboxylic acids is 2. The third-order valence-electron chi connectivity index (χ3n) is 4.50. The van der Waals surface area contributed by atoms with E-state index in [1.54, 1.807) is 30.3 Å². The first-order chi connectivity index (χ1) is 14.1. The second-order valence-corrected chi connectivity index (χ2v) is 6.40. The van der Waals surface area contributed by atoms with Crippen molar-refractivity contribution in [3.05, 3.63) is 84.2 Å². The predicted octanol–water partition coefficient (Wildman–Crippen LogP) is 4.43. The molecular formula is C23H24N4O2. The molecule has 6 heteroatoms. The van der Waals surface area contributed by atoms with Crippen molar-refractivity contribution < 1.29 is 9.59 Å². The number of rotatable bonds is 7. The number of hydrogen-bond acceptors (Lipinski definition) is 4. The number of benzene rings is 2. The molecule has 0 atom stereocenters. The summed E-state index contributed by atoms with van der Waals surface area (Å²) < 4.78 is 0. The van der Waals surface area contributed by atoms with E-state index >= 15 is 0 Å². The summed E-state index contributed by atoms with van der Waals surface area (Å²) in [5.74, 6) is -0.732. The predicted molar refractivity (Wildman–Crippen MR) is 117 cm³/mol. The highest BCUT2D eigenvalue weighted by Gasteiger charge is 2.13. The van der Waals surface area contributed by atoms with Gasteiger partial charge in [0.05, 0.1) is 0 Å². The second-order valence-electron chi connectivity index (χ2n) is 6.40. The maximum atomic E-state index is 12.6. The number of para-hydroxylation sites is 1. The Balaban J connectivity index is 1.68. The maximum Gasteiger partial charge on any atom is 0.274 e. The van der Waals surface area contributed by atoms with E-state index in [9.17, 15) is 9.59 Å². The van der Waals surface area contributed by atoms with Gasteiger partial charge >= 0.3 is 0 Å². The summed E-state index contributed by atoms with van der Waals surface area (Å²) in [7, 11) is 0. The van der Waals surface area contributed by atoms with E-state index in [1.807, 2.05) is 42.5 Å². The SMILES string of the molecule is CCN(CC)c1ccc(NC(=O)c2cccc(C(=O)Nc3ccccc3)n2)cc1. The van der Waals surface area contributed by atoms with Gasteiger partial charge in [-0.15, -0.1) is 0 Å². The van der Waals surface area contributed by atoms with Gasteiger partial charge in [0.25, 0.3) is 11.8 Å². The zero-order valence-electron chi connectivity index (χ0n) is 16.6. The van der Waals surface area contributed by atoms with Gasteiger partial charge in [-0.2, -0.15) is 0 Å². The summed E-state index contributed by atoms with van der Waals surface area (Å²) in [6, 6.07) is 21.6. The second kappa shape index (κ2) is 9.50. The van der Waals surface area contributed by atoms with Gasteiger partial charge in [-0.05, 0) is 62.4 Å². The summed E-state index contributed by atoms with van der Waals surface area (Å²) in [6.07, 6.45) is 0. The van der Waals surface area contributed by atoms with Crippen molar-refractivity contribution >= 4 is 28.9 Å². The van der Waals surface area contributed by atoms with Crippen molar-refractivity contribution in [1.29, 1.82) is 0 Å². The van der Waals surface area contributed by atoms with Crippen LogP contribution in [-0.2, 0) is 0 Å².